The molecule has 0 aliphatic carbocycles. The molecule has 2 aromatic rings. The van der Waals surface area contributed by atoms with Gasteiger partial charge in [-0.25, -0.2) is 8.42 Å². The number of amides is 1. The molecule has 0 radical (unpaired) electrons. The Balaban J connectivity index is 1.45. The maximum Gasteiger partial charge on any atom is 0.321 e. The molecule has 1 aliphatic heterocycles. The van der Waals surface area contributed by atoms with Gasteiger partial charge in [0.15, 0.2) is 18.1 Å². The number of ether oxygens (including phenoxy) is 3. The van der Waals surface area contributed by atoms with E-state index in [2.05, 4.69) is 10.0 Å². The third-order valence-corrected chi connectivity index (χ3v) is 5.07. The van der Waals surface area contributed by atoms with Gasteiger partial charge in [-0.2, -0.15) is 4.72 Å². The highest BCUT2D eigenvalue weighted by Gasteiger charge is 2.17. The molecular formula is C18H18N2O7S. The van der Waals surface area contributed by atoms with Crippen LogP contribution in [-0.2, 0) is 24.3 Å². The highest BCUT2D eigenvalue weighted by molar-refractivity contribution is 7.89. The van der Waals surface area contributed by atoms with Gasteiger partial charge in [-0.05, 0) is 24.3 Å². The predicted octanol–water partition coefficient (Wildman–Crippen LogP) is 0.918. The molecule has 3 rings (SSSR count). The highest BCUT2D eigenvalue weighted by atomic mass is 32.2. The minimum absolute atomic E-state index is 0.0270. The zero-order valence-corrected chi connectivity index (χ0v) is 15.5. The minimum atomic E-state index is -3.83. The van der Waals surface area contributed by atoms with Crippen LogP contribution in [0.15, 0.2) is 53.4 Å². The third kappa shape index (κ3) is 5.21. The van der Waals surface area contributed by atoms with Crippen molar-refractivity contribution in [2.24, 2.45) is 0 Å². The summed E-state index contributed by atoms with van der Waals surface area (Å²) in [4.78, 5) is 23.6. The summed E-state index contributed by atoms with van der Waals surface area (Å²) in [6, 6.07) is 12.5. The summed E-state index contributed by atoms with van der Waals surface area (Å²) >= 11 is 0. The summed E-state index contributed by atoms with van der Waals surface area (Å²) in [5.41, 5.74) is 0.454. The van der Waals surface area contributed by atoms with Crippen LogP contribution in [0.3, 0.4) is 0 Å². The standard InChI is InChI=1S/C18H18N2O7S/c21-17(20-13-6-7-15-16(10-13)26-9-8-25-15)12-27-18(22)11-19-28(23,24)14-4-2-1-3-5-14/h1-7,10,19H,8-9,11-12H2,(H,20,21). The molecule has 0 fully saturated rings. The number of carbonyl (C=O) groups is 2. The van der Waals surface area contributed by atoms with Crippen molar-refractivity contribution in [1.29, 1.82) is 0 Å². The number of fused-ring (bicyclic) bond motifs is 1. The molecule has 9 nitrogen and oxygen atoms in total. The van der Waals surface area contributed by atoms with Crippen molar-refractivity contribution in [3.8, 4) is 11.5 Å². The number of hydrogen-bond donors (Lipinski definition) is 2. The summed E-state index contributed by atoms with van der Waals surface area (Å²) < 4.78 is 41.7. The second-order valence-corrected chi connectivity index (χ2v) is 7.47. The van der Waals surface area contributed by atoms with Crippen LogP contribution in [0.2, 0.25) is 0 Å². The zero-order valence-electron chi connectivity index (χ0n) is 14.7. The van der Waals surface area contributed by atoms with Gasteiger partial charge in [0.2, 0.25) is 10.0 Å². The lowest BCUT2D eigenvalue weighted by Crippen LogP contribution is -2.32. The van der Waals surface area contributed by atoms with Crippen LogP contribution < -0.4 is 19.5 Å². The quantitative estimate of drug-likeness (QED) is 0.656. The molecule has 2 N–H and O–H groups in total. The summed E-state index contributed by atoms with van der Waals surface area (Å²) in [5, 5.41) is 2.56. The van der Waals surface area contributed by atoms with Crippen LogP contribution in [-0.4, -0.2) is 46.7 Å². The van der Waals surface area contributed by atoms with Gasteiger partial charge >= 0.3 is 5.97 Å². The SMILES string of the molecule is O=C(COC(=O)CNS(=O)(=O)c1ccccc1)Nc1ccc2c(c1)OCCO2. The molecule has 10 heteroatoms. The van der Waals surface area contributed by atoms with Crippen LogP contribution in [0.1, 0.15) is 0 Å². The Kier molecular flexibility index (Phi) is 6.12. The Labute approximate surface area is 161 Å². The lowest BCUT2D eigenvalue weighted by molar-refractivity contribution is -0.146. The molecule has 1 aliphatic rings. The lowest BCUT2D eigenvalue weighted by atomic mass is 10.2. The van der Waals surface area contributed by atoms with Crippen molar-refractivity contribution in [2.45, 2.75) is 4.90 Å². The number of benzene rings is 2. The summed E-state index contributed by atoms with van der Waals surface area (Å²) in [6.07, 6.45) is 0. The second-order valence-electron chi connectivity index (χ2n) is 5.70. The van der Waals surface area contributed by atoms with E-state index in [1.807, 2.05) is 0 Å². The number of nitrogens with one attached hydrogen (secondary N) is 2. The third-order valence-electron chi connectivity index (χ3n) is 3.65. The van der Waals surface area contributed by atoms with Gasteiger partial charge < -0.3 is 19.5 Å². The highest BCUT2D eigenvalue weighted by Crippen LogP contribution is 2.32. The Bertz CT molecular complexity index is 961. The first-order chi connectivity index (χ1) is 13.4. The zero-order chi connectivity index (χ0) is 20.0. The van der Waals surface area contributed by atoms with Gasteiger partial charge in [-0.3, -0.25) is 9.59 Å². The summed E-state index contributed by atoms with van der Waals surface area (Å²) in [5.74, 6) is -0.356. The maximum atomic E-state index is 12.0. The molecule has 148 valence electrons. The van der Waals surface area contributed by atoms with Crippen molar-refractivity contribution in [1.82, 2.24) is 4.72 Å². The first-order valence-electron chi connectivity index (χ1n) is 8.34. The largest absolute Gasteiger partial charge is 0.486 e. The average Bonchev–Trinajstić information content (AvgIpc) is 2.71. The molecule has 2 aromatic carbocycles. The fraction of sp³-hybridized carbons (Fsp3) is 0.222. The fourth-order valence-electron chi connectivity index (χ4n) is 2.35. The predicted molar refractivity (Wildman–Crippen MR) is 98.7 cm³/mol. The van der Waals surface area contributed by atoms with E-state index in [4.69, 9.17) is 14.2 Å². The molecular weight excluding hydrogens is 388 g/mol. The Morgan fingerprint density at radius 1 is 1.00 bits per heavy atom. The van der Waals surface area contributed by atoms with Crippen molar-refractivity contribution in [3.63, 3.8) is 0 Å². The molecule has 0 saturated carbocycles. The number of sulfonamides is 1. The van der Waals surface area contributed by atoms with E-state index in [9.17, 15) is 18.0 Å². The van der Waals surface area contributed by atoms with Crippen molar-refractivity contribution >= 4 is 27.6 Å². The van der Waals surface area contributed by atoms with Gasteiger partial charge in [0.1, 0.15) is 19.8 Å². The van der Waals surface area contributed by atoms with Crippen LogP contribution in [0, 0.1) is 0 Å². The molecule has 1 heterocycles. The molecule has 0 saturated heterocycles. The average molecular weight is 406 g/mol. The monoisotopic (exact) mass is 406 g/mol. The lowest BCUT2D eigenvalue weighted by Gasteiger charge is -2.19. The number of rotatable bonds is 7. The summed E-state index contributed by atoms with van der Waals surface area (Å²) in [6.45, 7) is -0.265. The fourth-order valence-corrected chi connectivity index (χ4v) is 3.34. The van der Waals surface area contributed by atoms with E-state index >= 15 is 0 Å². The van der Waals surface area contributed by atoms with E-state index < -0.39 is 35.1 Å². The number of hydrogen-bond acceptors (Lipinski definition) is 7. The molecule has 0 aromatic heterocycles. The molecule has 1 amide bonds. The van der Waals surface area contributed by atoms with E-state index in [-0.39, 0.29) is 4.90 Å². The van der Waals surface area contributed by atoms with Gasteiger partial charge in [-0.15, -0.1) is 0 Å². The van der Waals surface area contributed by atoms with Gasteiger partial charge in [0.25, 0.3) is 5.91 Å². The normalized spacial score (nSPS) is 12.9. The van der Waals surface area contributed by atoms with Crippen molar-refractivity contribution in [3.05, 3.63) is 48.5 Å². The first-order valence-corrected chi connectivity index (χ1v) is 9.82. The first kappa shape index (κ1) is 19.6. The molecule has 0 bridgehead atoms. The van der Waals surface area contributed by atoms with Crippen LogP contribution in [0.4, 0.5) is 5.69 Å². The van der Waals surface area contributed by atoms with E-state index in [0.717, 1.165) is 0 Å². The topological polar surface area (TPSA) is 120 Å². The van der Waals surface area contributed by atoms with Crippen LogP contribution >= 0.6 is 0 Å². The van der Waals surface area contributed by atoms with Crippen molar-refractivity contribution in [2.75, 3.05) is 31.7 Å². The summed E-state index contributed by atoms with van der Waals surface area (Å²) in [7, 11) is -3.83. The number of anilines is 1. The molecule has 0 unspecified atom stereocenters. The Morgan fingerprint density at radius 2 is 1.71 bits per heavy atom. The second kappa shape index (κ2) is 8.72. The Morgan fingerprint density at radius 3 is 2.46 bits per heavy atom. The van der Waals surface area contributed by atoms with E-state index in [0.29, 0.717) is 30.4 Å². The van der Waals surface area contributed by atoms with E-state index in [1.54, 1.807) is 36.4 Å². The van der Waals surface area contributed by atoms with Crippen molar-refractivity contribution < 1.29 is 32.2 Å². The number of carbonyl (C=O) groups excluding carboxylic acids is 2. The molecule has 28 heavy (non-hydrogen) atoms. The maximum absolute atomic E-state index is 12.0. The van der Waals surface area contributed by atoms with Crippen LogP contribution in [0.5, 0.6) is 11.5 Å². The Hall–Kier alpha value is -3.11. The van der Waals surface area contributed by atoms with Crippen LogP contribution in [0.25, 0.3) is 0 Å². The minimum Gasteiger partial charge on any atom is -0.486 e. The van der Waals surface area contributed by atoms with Gasteiger partial charge in [0.05, 0.1) is 4.90 Å². The molecule has 0 atom stereocenters. The number of esters is 1. The van der Waals surface area contributed by atoms with Gasteiger partial charge in [0, 0.05) is 11.8 Å². The molecule has 0 spiro atoms. The smallest absolute Gasteiger partial charge is 0.321 e. The van der Waals surface area contributed by atoms with E-state index in [1.165, 1.54) is 12.1 Å². The van der Waals surface area contributed by atoms with Gasteiger partial charge in [-0.1, -0.05) is 18.2 Å².